The van der Waals surface area contributed by atoms with E-state index in [2.05, 4.69) is 15.2 Å². The highest BCUT2D eigenvalue weighted by Crippen LogP contribution is 2.38. The number of hydrogen-bond acceptors (Lipinski definition) is 5. The van der Waals surface area contributed by atoms with E-state index < -0.39 is 6.30 Å². The van der Waals surface area contributed by atoms with Crippen molar-refractivity contribution >= 4 is 29.3 Å². The van der Waals surface area contributed by atoms with Gasteiger partial charge in [0.15, 0.2) is 5.82 Å². The molecule has 1 saturated heterocycles. The molecular weight excluding hydrogens is 359 g/mol. The highest BCUT2D eigenvalue weighted by atomic mass is 19.4. The van der Waals surface area contributed by atoms with Crippen LogP contribution >= 0.6 is 0 Å². The smallest absolute Gasteiger partial charge is 0.371 e. The molecule has 27 heavy (non-hydrogen) atoms. The molecule has 0 atom stereocenters. The van der Waals surface area contributed by atoms with Gasteiger partial charge in [0, 0.05) is 25.0 Å². The van der Waals surface area contributed by atoms with Crippen molar-refractivity contribution in [1.29, 1.82) is 0 Å². The van der Waals surface area contributed by atoms with E-state index >= 15 is 0 Å². The second-order valence-corrected chi connectivity index (χ2v) is 6.05. The standard InChI is InChI=1S/C18H18F3N5O/c19-18(20,21)26(13-27)16-12-14(25-10-4-1-5-11-25)7-8-15(16)23-24-17-6-2-3-9-22-17/h2-3,6-9,12-13H,1,4-5,10-11H2. The number of carbonyl (C=O) groups excluding carboxylic acids is 1. The molecule has 1 aromatic heterocycles. The normalized spacial score (nSPS) is 15.1. The average molecular weight is 377 g/mol. The lowest BCUT2D eigenvalue weighted by Gasteiger charge is -2.30. The third-order valence-electron chi connectivity index (χ3n) is 4.23. The number of carbonyl (C=O) groups is 1. The van der Waals surface area contributed by atoms with Gasteiger partial charge in [0.05, 0.1) is 5.69 Å². The number of aromatic nitrogens is 1. The molecule has 3 rings (SSSR count). The molecule has 1 fully saturated rings. The summed E-state index contributed by atoms with van der Waals surface area (Å²) >= 11 is 0. The van der Waals surface area contributed by atoms with Gasteiger partial charge in [0.25, 0.3) is 0 Å². The lowest BCUT2D eigenvalue weighted by molar-refractivity contribution is -0.141. The Hall–Kier alpha value is -2.97. The molecule has 9 heteroatoms. The third kappa shape index (κ3) is 4.60. The number of piperidine rings is 1. The second kappa shape index (κ2) is 8.15. The van der Waals surface area contributed by atoms with E-state index in [4.69, 9.17) is 0 Å². The fraction of sp³-hybridized carbons (Fsp3) is 0.333. The molecule has 1 aliphatic rings. The molecule has 1 aliphatic heterocycles. The highest BCUT2D eigenvalue weighted by Gasteiger charge is 2.39. The van der Waals surface area contributed by atoms with Crippen molar-refractivity contribution in [3.63, 3.8) is 0 Å². The second-order valence-electron chi connectivity index (χ2n) is 6.05. The first-order valence-electron chi connectivity index (χ1n) is 8.52. The quantitative estimate of drug-likeness (QED) is 0.420. The van der Waals surface area contributed by atoms with Crippen LogP contribution in [0.2, 0.25) is 0 Å². The first-order chi connectivity index (χ1) is 13.0. The predicted octanol–water partition coefficient (Wildman–Crippen LogP) is 4.97. The van der Waals surface area contributed by atoms with Crippen LogP contribution in [-0.2, 0) is 4.79 Å². The topological polar surface area (TPSA) is 61.2 Å². The van der Waals surface area contributed by atoms with Crippen molar-refractivity contribution in [2.75, 3.05) is 22.9 Å². The summed E-state index contributed by atoms with van der Waals surface area (Å²) in [7, 11) is 0. The Morgan fingerprint density at radius 2 is 1.85 bits per heavy atom. The maximum absolute atomic E-state index is 13.3. The molecule has 2 heterocycles. The van der Waals surface area contributed by atoms with Gasteiger partial charge in [-0.1, -0.05) is 6.07 Å². The molecular formula is C18H18F3N5O. The van der Waals surface area contributed by atoms with Crippen molar-refractivity contribution in [3.05, 3.63) is 42.6 Å². The Balaban J connectivity index is 2.00. The van der Waals surface area contributed by atoms with Crippen LogP contribution in [0.5, 0.6) is 0 Å². The lowest BCUT2D eigenvalue weighted by atomic mass is 10.1. The largest absolute Gasteiger partial charge is 0.491 e. The van der Waals surface area contributed by atoms with Gasteiger partial charge in [-0.2, -0.15) is 0 Å². The van der Waals surface area contributed by atoms with Gasteiger partial charge in [-0.15, -0.1) is 23.4 Å². The molecule has 0 N–H and O–H groups in total. The first kappa shape index (κ1) is 18.8. The van der Waals surface area contributed by atoms with Gasteiger partial charge < -0.3 is 4.90 Å². The molecule has 0 bridgehead atoms. The number of azo groups is 1. The van der Waals surface area contributed by atoms with Crippen LogP contribution in [0.1, 0.15) is 19.3 Å². The first-order valence-corrected chi connectivity index (χ1v) is 8.52. The fourth-order valence-corrected chi connectivity index (χ4v) is 2.91. The van der Waals surface area contributed by atoms with Crippen LogP contribution in [0.15, 0.2) is 52.8 Å². The monoisotopic (exact) mass is 377 g/mol. The molecule has 6 nitrogen and oxygen atoms in total. The SMILES string of the molecule is O=CN(c1cc(N2CCCCC2)ccc1N=Nc1ccccn1)C(F)(F)F. The van der Waals surface area contributed by atoms with Crippen LogP contribution in [0.25, 0.3) is 0 Å². The van der Waals surface area contributed by atoms with Crippen LogP contribution in [0.3, 0.4) is 0 Å². The molecule has 2 aromatic rings. The van der Waals surface area contributed by atoms with E-state index in [1.54, 1.807) is 24.3 Å². The number of halogens is 3. The Kier molecular flexibility index (Phi) is 5.68. The summed E-state index contributed by atoms with van der Waals surface area (Å²) < 4.78 is 40.0. The van der Waals surface area contributed by atoms with Crippen molar-refractivity contribution in [2.45, 2.75) is 25.6 Å². The summed E-state index contributed by atoms with van der Waals surface area (Å²) in [6.07, 6.45) is -0.558. The van der Waals surface area contributed by atoms with E-state index in [9.17, 15) is 18.0 Å². The van der Waals surface area contributed by atoms with E-state index in [1.807, 2.05) is 4.90 Å². The molecule has 1 amide bonds. The van der Waals surface area contributed by atoms with E-state index in [-0.39, 0.29) is 28.5 Å². The van der Waals surface area contributed by atoms with E-state index in [0.29, 0.717) is 5.69 Å². The molecule has 0 spiro atoms. The number of alkyl halides is 3. The average Bonchev–Trinajstić information content (AvgIpc) is 2.68. The molecule has 142 valence electrons. The number of pyridine rings is 1. The number of amides is 1. The zero-order valence-electron chi connectivity index (χ0n) is 14.4. The van der Waals surface area contributed by atoms with Crippen LogP contribution in [0, 0.1) is 0 Å². The van der Waals surface area contributed by atoms with Gasteiger partial charge in [-0.25, -0.2) is 9.88 Å². The third-order valence-corrected chi connectivity index (χ3v) is 4.23. The van der Waals surface area contributed by atoms with Gasteiger partial charge in [0.2, 0.25) is 6.41 Å². The minimum atomic E-state index is -4.86. The van der Waals surface area contributed by atoms with Crippen molar-refractivity contribution < 1.29 is 18.0 Å². The maximum atomic E-state index is 13.3. The van der Waals surface area contributed by atoms with Gasteiger partial charge in [-0.3, -0.25) is 4.79 Å². The molecule has 0 saturated carbocycles. The van der Waals surface area contributed by atoms with Gasteiger partial charge in [0.1, 0.15) is 5.69 Å². The Bertz CT molecular complexity index is 804. The van der Waals surface area contributed by atoms with Crippen LogP contribution < -0.4 is 9.80 Å². The minimum Gasteiger partial charge on any atom is -0.371 e. The summed E-state index contributed by atoms with van der Waals surface area (Å²) in [5, 5.41) is 7.76. The Labute approximate surface area is 154 Å². The molecule has 1 aromatic carbocycles. The van der Waals surface area contributed by atoms with Gasteiger partial charge in [-0.05, 0) is 49.6 Å². The van der Waals surface area contributed by atoms with Crippen LogP contribution in [-0.4, -0.2) is 30.8 Å². The fourth-order valence-electron chi connectivity index (χ4n) is 2.91. The number of rotatable bonds is 5. The Morgan fingerprint density at radius 1 is 1.07 bits per heavy atom. The summed E-state index contributed by atoms with van der Waals surface area (Å²) in [6, 6.07) is 9.42. The number of benzene rings is 1. The number of hydrogen-bond donors (Lipinski definition) is 0. The van der Waals surface area contributed by atoms with Crippen molar-refractivity contribution in [1.82, 2.24) is 4.98 Å². The number of nitrogens with zero attached hydrogens (tertiary/aromatic N) is 5. The summed E-state index contributed by atoms with van der Waals surface area (Å²) in [5.74, 6) is 0.258. The minimum absolute atomic E-state index is 0.0640. The van der Waals surface area contributed by atoms with Gasteiger partial charge >= 0.3 is 6.30 Å². The van der Waals surface area contributed by atoms with Crippen molar-refractivity contribution in [3.8, 4) is 0 Å². The van der Waals surface area contributed by atoms with Crippen molar-refractivity contribution in [2.24, 2.45) is 10.2 Å². The van der Waals surface area contributed by atoms with Crippen LogP contribution in [0.4, 0.5) is 36.1 Å². The molecule has 0 unspecified atom stereocenters. The summed E-state index contributed by atoms with van der Waals surface area (Å²) in [5.41, 5.74) is 0.198. The summed E-state index contributed by atoms with van der Waals surface area (Å²) in [4.78, 5) is 16.8. The highest BCUT2D eigenvalue weighted by molar-refractivity contribution is 5.85. The van der Waals surface area contributed by atoms with E-state index in [1.165, 1.54) is 18.3 Å². The maximum Gasteiger partial charge on any atom is 0.491 e. The predicted molar refractivity (Wildman–Crippen MR) is 95.5 cm³/mol. The summed E-state index contributed by atoms with van der Waals surface area (Å²) in [6.45, 7) is 1.53. The van der Waals surface area contributed by atoms with E-state index in [0.717, 1.165) is 32.4 Å². The molecule has 0 aliphatic carbocycles. The zero-order chi connectivity index (χ0) is 19.3. The molecule has 0 radical (unpaired) electrons. The number of anilines is 2. The zero-order valence-corrected chi connectivity index (χ0v) is 14.4. The Morgan fingerprint density at radius 3 is 2.48 bits per heavy atom. The lowest BCUT2D eigenvalue weighted by Crippen LogP contribution is -2.37.